The van der Waals surface area contributed by atoms with E-state index in [1.807, 2.05) is 20.8 Å². The van der Waals surface area contributed by atoms with E-state index in [4.69, 9.17) is 14.2 Å². The summed E-state index contributed by atoms with van der Waals surface area (Å²) in [4.78, 5) is 13.8. The van der Waals surface area contributed by atoms with E-state index >= 15 is 0 Å². The number of rotatable bonds is 3. The van der Waals surface area contributed by atoms with Gasteiger partial charge in [0.2, 0.25) is 11.8 Å². The van der Waals surface area contributed by atoms with Crippen LogP contribution in [0.15, 0.2) is 12.1 Å². The maximum absolute atomic E-state index is 12.1. The zero-order chi connectivity index (χ0) is 16.2. The lowest BCUT2D eigenvalue weighted by molar-refractivity contribution is 0.00710. The second-order valence-corrected chi connectivity index (χ2v) is 6.22. The molecule has 22 heavy (non-hydrogen) atoms. The summed E-state index contributed by atoms with van der Waals surface area (Å²) >= 11 is 0. The Bertz CT molecular complexity index is 499. The lowest BCUT2D eigenvalue weighted by Crippen LogP contribution is -2.46. The molecule has 0 bridgehead atoms. The van der Waals surface area contributed by atoms with Gasteiger partial charge >= 0.3 is 6.09 Å². The summed E-state index contributed by atoms with van der Waals surface area (Å²) in [6, 6.07) is 3.40. The molecule has 0 radical (unpaired) electrons. The second-order valence-electron chi connectivity index (χ2n) is 6.22. The Morgan fingerprint density at radius 2 is 1.95 bits per heavy atom. The van der Waals surface area contributed by atoms with Crippen LogP contribution in [-0.4, -0.2) is 53.1 Å². The number of methoxy groups -OCH3 is 1. The van der Waals surface area contributed by atoms with Crippen LogP contribution in [0.1, 0.15) is 33.6 Å². The van der Waals surface area contributed by atoms with Crippen LogP contribution < -0.4 is 9.47 Å². The molecule has 7 nitrogen and oxygen atoms in total. The van der Waals surface area contributed by atoms with E-state index in [9.17, 15) is 4.79 Å². The molecule has 1 saturated heterocycles. The fourth-order valence-electron chi connectivity index (χ4n) is 2.18. The summed E-state index contributed by atoms with van der Waals surface area (Å²) in [7, 11) is 1.53. The largest absolute Gasteiger partial charge is 0.480 e. The Hall–Kier alpha value is -2.05. The van der Waals surface area contributed by atoms with Crippen molar-refractivity contribution in [1.29, 1.82) is 0 Å². The molecule has 0 saturated carbocycles. The van der Waals surface area contributed by atoms with Crippen molar-refractivity contribution < 1.29 is 19.0 Å². The van der Waals surface area contributed by atoms with Gasteiger partial charge in [0.15, 0.2) is 0 Å². The number of hydrogen-bond donors (Lipinski definition) is 0. The van der Waals surface area contributed by atoms with Crippen molar-refractivity contribution in [1.82, 2.24) is 15.1 Å². The van der Waals surface area contributed by atoms with E-state index in [1.165, 1.54) is 7.11 Å². The Labute approximate surface area is 130 Å². The lowest BCUT2D eigenvalue weighted by Gasteiger charge is -2.33. The predicted molar refractivity (Wildman–Crippen MR) is 80.0 cm³/mol. The molecule has 0 spiro atoms. The molecule has 1 aliphatic heterocycles. The summed E-state index contributed by atoms with van der Waals surface area (Å²) in [6.07, 6.45) is 1.33. The van der Waals surface area contributed by atoms with Crippen LogP contribution in [0.4, 0.5) is 4.79 Å². The van der Waals surface area contributed by atoms with Crippen molar-refractivity contribution in [2.24, 2.45) is 0 Å². The lowest BCUT2D eigenvalue weighted by atomic mass is 10.1. The maximum Gasteiger partial charge on any atom is 0.410 e. The highest BCUT2D eigenvalue weighted by molar-refractivity contribution is 5.68. The molecule has 122 valence electrons. The Morgan fingerprint density at radius 1 is 1.27 bits per heavy atom. The van der Waals surface area contributed by atoms with Crippen LogP contribution in [0, 0.1) is 0 Å². The Balaban J connectivity index is 1.91. The van der Waals surface area contributed by atoms with Crippen LogP contribution >= 0.6 is 0 Å². The molecular formula is C15H23N3O4. The molecule has 1 aliphatic rings. The van der Waals surface area contributed by atoms with E-state index in [0.29, 0.717) is 24.8 Å². The quantitative estimate of drug-likeness (QED) is 0.852. The Kier molecular flexibility index (Phi) is 5.05. The van der Waals surface area contributed by atoms with Gasteiger partial charge in [-0.05, 0) is 33.6 Å². The van der Waals surface area contributed by atoms with Gasteiger partial charge in [0.1, 0.15) is 11.7 Å². The summed E-state index contributed by atoms with van der Waals surface area (Å²) in [5.74, 6) is 0.864. The highest BCUT2D eigenvalue weighted by Crippen LogP contribution is 2.19. The monoisotopic (exact) mass is 309 g/mol. The molecule has 1 aromatic rings. The number of hydrogen-bond acceptors (Lipinski definition) is 6. The number of aromatic nitrogens is 2. The third kappa shape index (κ3) is 4.75. The number of amides is 1. The van der Waals surface area contributed by atoms with Crippen LogP contribution in [0.3, 0.4) is 0 Å². The zero-order valence-corrected chi connectivity index (χ0v) is 13.5. The Morgan fingerprint density at radius 3 is 2.55 bits per heavy atom. The number of piperidine rings is 1. The molecule has 0 N–H and O–H groups in total. The molecular weight excluding hydrogens is 286 g/mol. The zero-order valence-electron chi connectivity index (χ0n) is 13.5. The van der Waals surface area contributed by atoms with E-state index in [2.05, 4.69) is 10.2 Å². The number of likely N-dealkylation sites (tertiary alicyclic amines) is 1. The third-order valence-electron chi connectivity index (χ3n) is 3.14. The van der Waals surface area contributed by atoms with Gasteiger partial charge in [-0.15, -0.1) is 10.2 Å². The molecule has 7 heteroatoms. The normalized spacial score (nSPS) is 18.7. The van der Waals surface area contributed by atoms with E-state index in [-0.39, 0.29) is 12.2 Å². The summed E-state index contributed by atoms with van der Waals surface area (Å²) in [6.45, 7) is 6.74. The van der Waals surface area contributed by atoms with Gasteiger partial charge in [0.05, 0.1) is 13.7 Å². The smallest absolute Gasteiger partial charge is 0.410 e. The average molecular weight is 309 g/mol. The molecule has 0 aromatic carbocycles. The molecule has 0 aliphatic carbocycles. The molecule has 1 atom stereocenters. The fraction of sp³-hybridized carbons (Fsp3) is 0.667. The van der Waals surface area contributed by atoms with Crippen molar-refractivity contribution >= 4 is 6.09 Å². The van der Waals surface area contributed by atoms with Gasteiger partial charge in [-0.3, -0.25) is 0 Å². The SMILES string of the molecule is COc1ccc(OC2CCCN(C(=O)OC(C)(C)C)C2)nn1. The van der Waals surface area contributed by atoms with Crippen molar-refractivity contribution in [3.63, 3.8) is 0 Å². The third-order valence-corrected chi connectivity index (χ3v) is 3.14. The first-order valence-corrected chi connectivity index (χ1v) is 7.40. The van der Waals surface area contributed by atoms with Crippen molar-refractivity contribution in [2.75, 3.05) is 20.2 Å². The minimum atomic E-state index is -0.494. The minimum Gasteiger partial charge on any atom is -0.480 e. The molecule has 1 fully saturated rings. The van der Waals surface area contributed by atoms with Crippen LogP contribution in [0.2, 0.25) is 0 Å². The van der Waals surface area contributed by atoms with Gasteiger partial charge in [-0.2, -0.15) is 0 Å². The van der Waals surface area contributed by atoms with E-state index in [0.717, 1.165) is 12.8 Å². The molecule has 1 aromatic heterocycles. The van der Waals surface area contributed by atoms with Gasteiger partial charge < -0.3 is 19.1 Å². The number of ether oxygens (including phenoxy) is 3. The highest BCUT2D eigenvalue weighted by atomic mass is 16.6. The predicted octanol–water partition coefficient (Wildman–Crippen LogP) is 2.26. The summed E-state index contributed by atoms with van der Waals surface area (Å²) in [5.41, 5.74) is -0.494. The first kappa shape index (κ1) is 16.3. The number of carbonyl (C=O) groups is 1. The van der Waals surface area contributed by atoms with Gasteiger partial charge in [-0.25, -0.2) is 4.79 Å². The molecule has 2 rings (SSSR count). The van der Waals surface area contributed by atoms with Crippen molar-refractivity contribution in [3.8, 4) is 11.8 Å². The fourth-order valence-corrected chi connectivity index (χ4v) is 2.18. The van der Waals surface area contributed by atoms with Gasteiger partial charge in [0.25, 0.3) is 0 Å². The van der Waals surface area contributed by atoms with Crippen molar-refractivity contribution in [3.05, 3.63) is 12.1 Å². The topological polar surface area (TPSA) is 73.8 Å². The van der Waals surface area contributed by atoms with Crippen LogP contribution in [0.5, 0.6) is 11.8 Å². The summed E-state index contributed by atoms with van der Waals surface area (Å²) < 4.78 is 16.1. The second kappa shape index (κ2) is 6.81. The molecule has 1 amide bonds. The summed E-state index contributed by atoms with van der Waals surface area (Å²) in [5, 5.41) is 7.80. The van der Waals surface area contributed by atoms with Crippen molar-refractivity contribution in [2.45, 2.75) is 45.3 Å². The van der Waals surface area contributed by atoms with Gasteiger partial charge in [-0.1, -0.05) is 0 Å². The number of carbonyl (C=O) groups excluding carboxylic acids is 1. The van der Waals surface area contributed by atoms with E-state index < -0.39 is 5.60 Å². The minimum absolute atomic E-state index is 0.107. The number of nitrogens with zero attached hydrogens (tertiary/aromatic N) is 3. The molecule has 1 unspecified atom stereocenters. The first-order chi connectivity index (χ1) is 10.4. The highest BCUT2D eigenvalue weighted by Gasteiger charge is 2.28. The van der Waals surface area contributed by atoms with Crippen LogP contribution in [0.25, 0.3) is 0 Å². The van der Waals surface area contributed by atoms with Crippen LogP contribution in [-0.2, 0) is 4.74 Å². The van der Waals surface area contributed by atoms with E-state index in [1.54, 1.807) is 17.0 Å². The standard InChI is InChI=1S/C15H23N3O4/c1-15(2,3)22-14(19)18-9-5-6-11(10-18)21-13-8-7-12(20-4)16-17-13/h7-8,11H,5-6,9-10H2,1-4H3. The average Bonchev–Trinajstić information content (AvgIpc) is 2.46. The molecule has 2 heterocycles. The van der Waals surface area contributed by atoms with Gasteiger partial charge in [0, 0.05) is 18.7 Å². The maximum atomic E-state index is 12.1. The first-order valence-electron chi connectivity index (χ1n) is 7.40.